The van der Waals surface area contributed by atoms with Crippen LogP contribution in [0, 0.1) is 0 Å². The third-order valence-corrected chi connectivity index (χ3v) is 3.44. The number of hydrogen-bond donors (Lipinski definition) is 1. The Hall–Kier alpha value is -0.740. The molecular formula is C6H8O3S. The van der Waals surface area contributed by atoms with Crippen LogP contribution in [0.25, 0.3) is 0 Å². The van der Waals surface area contributed by atoms with Crippen molar-refractivity contribution in [3.63, 3.8) is 0 Å². The summed E-state index contributed by atoms with van der Waals surface area (Å²) in [5, 5.41) is 10.9. The molecule has 0 aromatic heterocycles. The lowest BCUT2D eigenvalue weighted by atomic mass is 10.6. The average Bonchev–Trinajstić information content (AvgIpc) is 2.35. The molecule has 0 aliphatic carbocycles. The third-order valence-electron chi connectivity index (χ3n) is 1.22. The Morgan fingerprint density at radius 2 is 2.00 bits per heavy atom. The fraction of sp³-hybridized carbons (Fsp3) is 0.167. The summed E-state index contributed by atoms with van der Waals surface area (Å²) < 4.78 is 4.87. The molecule has 0 saturated heterocycles. The summed E-state index contributed by atoms with van der Waals surface area (Å²) in [6.07, 6.45) is 3.37. The number of carboxylic acid groups (broad SMARTS) is 1. The first-order chi connectivity index (χ1) is 4.71. The molecule has 1 N–H and O–H groups in total. The summed E-state index contributed by atoms with van der Waals surface area (Å²) in [5.41, 5.74) is 0. The van der Waals surface area contributed by atoms with Gasteiger partial charge in [-0.05, 0) is 10.8 Å². The van der Waals surface area contributed by atoms with Crippen molar-refractivity contribution < 1.29 is 14.1 Å². The molecule has 0 saturated carbocycles. The molecule has 1 rings (SSSR count). The van der Waals surface area contributed by atoms with Crippen LogP contribution in [0.2, 0.25) is 0 Å². The van der Waals surface area contributed by atoms with Gasteiger partial charge in [-0.2, -0.15) is 0 Å². The van der Waals surface area contributed by atoms with Crippen LogP contribution in [-0.2, 0) is 4.18 Å². The van der Waals surface area contributed by atoms with E-state index in [1.54, 1.807) is 23.0 Å². The summed E-state index contributed by atoms with van der Waals surface area (Å²) in [6.45, 7) is 0. The summed E-state index contributed by atoms with van der Waals surface area (Å²) in [4.78, 5) is 10.6. The lowest BCUT2D eigenvalue weighted by Gasteiger charge is -2.22. The third kappa shape index (κ3) is 0.955. The fourth-order valence-electron chi connectivity index (χ4n) is 0.668. The molecule has 0 radical (unpaired) electrons. The topological polar surface area (TPSA) is 46.5 Å². The van der Waals surface area contributed by atoms with Crippen LogP contribution < -0.4 is 0 Å². The minimum Gasteiger partial charge on any atom is -0.472 e. The zero-order valence-electron chi connectivity index (χ0n) is 5.48. The van der Waals surface area contributed by atoms with Gasteiger partial charge >= 0.3 is 5.30 Å². The van der Waals surface area contributed by atoms with E-state index in [1.807, 2.05) is 0 Å². The van der Waals surface area contributed by atoms with Crippen molar-refractivity contribution in [2.24, 2.45) is 0 Å². The van der Waals surface area contributed by atoms with E-state index in [9.17, 15) is 4.79 Å². The summed E-state index contributed by atoms with van der Waals surface area (Å²) in [5.74, 6) is 0. The van der Waals surface area contributed by atoms with Gasteiger partial charge in [0.15, 0.2) is 0 Å². The van der Waals surface area contributed by atoms with Crippen LogP contribution in [0.15, 0.2) is 23.0 Å². The maximum absolute atomic E-state index is 10.6. The molecule has 3 nitrogen and oxygen atoms in total. The molecule has 0 bridgehead atoms. The predicted molar refractivity (Wildman–Crippen MR) is 40.9 cm³/mol. The fourth-order valence-corrected chi connectivity index (χ4v) is 2.01. The molecule has 0 unspecified atom stereocenters. The molecule has 0 aromatic rings. The lowest BCUT2D eigenvalue weighted by molar-refractivity contribution is 0.219. The molecule has 0 fully saturated rings. The molecule has 1 heterocycles. The van der Waals surface area contributed by atoms with Gasteiger partial charge in [-0.3, -0.25) is 0 Å². The second kappa shape index (κ2) is 2.48. The normalized spacial score (nSPS) is 22.9. The quantitative estimate of drug-likeness (QED) is 0.638. The molecule has 56 valence electrons. The SMILES string of the molecule is COS1(C(=O)O)C=CC=C1. The van der Waals surface area contributed by atoms with Gasteiger partial charge in [0.25, 0.3) is 0 Å². The zero-order chi connectivity index (χ0) is 7.61. The van der Waals surface area contributed by atoms with Crippen molar-refractivity contribution in [1.82, 2.24) is 0 Å². The highest BCUT2D eigenvalue weighted by Crippen LogP contribution is 2.54. The molecule has 0 spiro atoms. The van der Waals surface area contributed by atoms with Gasteiger partial charge in [-0.15, -0.1) is 0 Å². The van der Waals surface area contributed by atoms with Crippen LogP contribution in [-0.4, -0.2) is 17.5 Å². The number of rotatable bonds is 1. The maximum atomic E-state index is 10.6. The van der Waals surface area contributed by atoms with Crippen molar-refractivity contribution in [3.05, 3.63) is 23.0 Å². The Morgan fingerprint density at radius 1 is 1.50 bits per heavy atom. The molecular weight excluding hydrogens is 152 g/mol. The van der Waals surface area contributed by atoms with E-state index in [1.165, 1.54) is 7.11 Å². The minimum atomic E-state index is -2.06. The monoisotopic (exact) mass is 160 g/mol. The van der Waals surface area contributed by atoms with Crippen molar-refractivity contribution >= 4 is 15.6 Å². The highest BCUT2D eigenvalue weighted by atomic mass is 32.3. The predicted octanol–water partition coefficient (Wildman–Crippen LogP) is 2.07. The first-order valence-electron chi connectivity index (χ1n) is 2.68. The molecule has 4 heteroatoms. The number of allylic oxidation sites excluding steroid dienone is 2. The largest absolute Gasteiger partial charge is 0.472 e. The summed E-state index contributed by atoms with van der Waals surface area (Å²) in [6, 6.07) is 0. The van der Waals surface area contributed by atoms with Gasteiger partial charge in [0.2, 0.25) is 0 Å². The zero-order valence-corrected chi connectivity index (χ0v) is 6.30. The molecule has 0 atom stereocenters. The van der Waals surface area contributed by atoms with E-state index in [4.69, 9.17) is 9.29 Å². The average molecular weight is 160 g/mol. The van der Waals surface area contributed by atoms with Gasteiger partial charge < -0.3 is 9.29 Å². The van der Waals surface area contributed by atoms with Crippen LogP contribution >= 0.6 is 10.3 Å². The lowest BCUT2D eigenvalue weighted by Crippen LogP contribution is -2.04. The highest BCUT2D eigenvalue weighted by Gasteiger charge is 2.28. The second-order valence-electron chi connectivity index (χ2n) is 1.74. The molecule has 1 aliphatic heterocycles. The van der Waals surface area contributed by atoms with Gasteiger partial charge in [-0.25, -0.2) is 4.79 Å². The first-order valence-corrected chi connectivity index (χ1v) is 4.36. The van der Waals surface area contributed by atoms with Crippen LogP contribution in [0.3, 0.4) is 0 Å². The smallest absolute Gasteiger partial charge is 0.377 e. The Labute approximate surface area is 60.5 Å². The van der Waals surface area contributed by atoms with Crippen molar-refractivity contribution in [2.75, 3.05) is 7.11 Å². The second-order valence-corrected chi connectivity index (χ2v) is 4.26. The molecule has 0 amide bonds. The standard InChI is InChI=1S/C6H8O3S/c1-9-10(6(7)8)4-2-3-5-10/h2-5H,1H3,(H,7,8). The molecule has 0 aromatic carbocycles. The minimum absolute atomic E-state index is 0.903. The number of hydrogen-bond acceptors (Lipinski definition) is 2. The van der Waals surface area contributed by atoms with Crippen LogP contribution in [0.5, 0.6) is 0 Å². The van der Waals surface area contributed by atoms with Gasteiger partial charge in [0.1, 0.15) is 0 Å². The van der Waals surface area contributed by atoms with Gasteiger partial charge in [0, 0.05) is 17.4 Å². The Bertz CT molecular complexity index is 195. The highest BCUT2D eigenvalue weighted by molar-refractivity contribution is 8.45. The number of carbonyl (C=O) groups is 1. The van der Waals surface area contributed by atoms with Crippen molar-refractivity contribution in [1.29, 1.82) is 0 Å². The Morgan fingerprint density at radius 3 is 2.20 bits per heavy atom. The van der Waals surface area contributed by atoms with Gasteiger partial charge in [-0.1, -0.05) is 12.2 Å². The molecule has 10 heavy (non-hydrogen) atoms. The maximum Gasteiger partial charge on any atom is 0.377 e. The van der Waals surface area contributed by atoms with Crippen molar-refractivity contribution in [2.45, 2.75) is 0 Å². The van der Waals surface area contributed by atoms with E-state index in [-0.39, 0.29) is 0 Å². The van der Waals surface area contributed by atoms with E-state index in [0.29, 0.717) is 0 Å². The van der Waals surface area contributed by atoms with Crippen LogP contribution in [0.1, 0.15) is 0 Å². The van der Waals surface area contributed by atoms with Crippen LogP contribution in [0.4, 0.5) is 4.79 Å². The first kappa shape index (κ1) is 7.37. The van der Waals surface area contributed by atoms with Crippen molar-refractivity contribution in [3.8, 4) is 0 Å². The van der Waals surface area contributed by atoms with E-state index in [2.05, 4.69) is 0 Å². The summed E-state index contributed by atoms with van der Waals surface area (Å²) in [7, 11) is -0.654. The molecule has 1 aliphatic rings. The summed E-state index contributed by atoms with van der Waals surface area (Å²) >= 11 is 0. The van der Waals surface area contributed by atoms with E-state index >= 15 is 0 Å². The van der Waals surface area contributed by atoms with E-state index in [0.717, 1.165) is 0 Å². The van der Waals surface area contributed by atoms with E-state index < -0.39 is 15.6 Å². The Balaban J connectivity index is 2.90. The Kier molecular flexibility index (Phi) is 1.82. The van der Waals surface area contributed by atoms with Gasteiger partial charge in [0.05, 0.1) is 0 Å².